The van der Waals surface area contributed by atoms with Crippen LogP contribution < -0.4 is 21.1 Å². The number of hydrogen-bond acceptors (Lipinski definition) is 8. The van der Waals surface area contributed by atoms with Crippen LogP contribution in [0.25, 0.3) is 0 Å². The maximum absolute atomic E-state index is 12.5. The van der Waals surface area contributed by atoms with Crippen molar-refractivity contribution in [2.24, 2.45) is 20.5 Å². The maximum Gasteiger partial charge on any atom is 0.248 e. The quantitative estimate of drug-likeness (QED) is 0.260. The van der Waals surface area contributed by atoms with Crippen molar-refractivity contribution in [3.63, 3.8) is 0 Å². The Morgan fingerprint density at radius 1 is 1.15 bits per heavy atom. The number of methoxy groups -OCH3 is 1. The van der Waals surface area contributed by atoms with Crippen LogP contribution in [0.4, 0.5) is 22.7 Å². The molecule has 12 heteroatoms. The predicted molar refractivity (Wildman–Crippen MR) is 157 cm³/mol. The SMILES string of the molecule is CCCC(=O)Nc1cc(Nc2ccc(C(N)=O)cc2)c(OC)cc1/N=N/S1=[N+](C)N=C(N(C(C)C)C(C)C)C1. The molecular formula is C27H39N8O3S+. The molecule has 1 heterocycles. The van der Waals surface area contributed by atoms with Crippen LogP contribution in [0.15, 0.2) is 51.1 Å². The monoisotopic (exact) mass is 555 g/mol. The molecule has 1 aliphatic heterocycles. The molecule has 0 saturated carbocycles. The summed E-state index contributed by atoms with van der Waals surface area (Å²) in [5, 5.41) is 15.5. The van der Waals surface area contributed by atoms with Gasteiger partial charge in [-0.15, -0.1) is 5.11 Å². The summed E-state index contributed by atoms with van der Waals surface area (Å²) < 4.78 is 12.1. The van der Waals surface area contributed by atoms with Gasteiger partial charge in [-0.3, -0.25) is 9.59 Å². The Bertz CT molecular complexity index is 1290. The van der Waals surface area contributed by atoms with Gasteiger partial charge in [-0.25, -0.2) is 0 Å². The molecule has 3 rings (SSSR count). The van der Waals surface area contributed by atoms with Gasteiger partial charge in [0.2, 0.25) is 22.7 Å². The number of rotatable bonds is 11. The molecule has 1 unspecified atom stereocenters. The van der Waals surface area contributed by atoms with E-state index in [0.717, 1.165) is 11.5 Å². The standard InChI is InChI=1S/C27H38N8O3S/c1-8-9-26(36)30-21-14-23(29-20-12-10-19(11-13-20)27(28)37)24(38-7)15-22(21)31-33-39-16-25(32-34(39)6)35(17(2)3)18(4)5/h10-15,17-18H,8-9,16H2,1-7H3,(H3-,28,29,30,33,36,37)/p+1. The number of amidine groups is 1. The van der Waals surface area contributed by atoms with Crippen molar-refractivity contribution in [3.8, 4) is 5.75 Å². The molecule has 0 saturated heterocycles. The van der Waals surface area contributed by atoms with E-state index in [2.05, 4.69) is 52.9 Å². The molecule has 2 amide bonds. The number of carbonyl (C=O) groups is 2. The third kappa shape index (κ3) is 7.62. The lowest BCUT2D eigenvalue weighted by Crippen LogP contribution is -2.43. The molecule has 0 aliphatic carbocycles. The van der Waals surface area contributed by atoms with Gasteiger partial charge in [0.05, 0.1) is 18.5 Å². The third-order valence-corrected chi connectivity index (χ3v) is 7.47. The molecule has 210 valence electrons. The molecule has 0 radical (unpaired) electrons. The number of nitrogens with zero attached hydrogens (tertiary/aromatic N) is 5. The van der Waals surface area contributed by atoms with E-state index in [1.807, 2.05) is 18.0 Å². The van der Waals surface area contributed by atoms with E-state index in [1.165, 1.54) is 0 Å². The number of carbonyl (C=O) groups excluding carboxylic acids is 2. The van der Waals surface area contributed by atoms with Gasteiger partial charge in [0, 0.05) is 40.9 Å². The Hall–Kier alpha value is -3.80. The van der Waals surface area contributed by atoms with Crippen LogP contribution >= 0.6 is 0 Å². The van der Waals surface area contributed by atoms with E-state index in [1.54, 1.807) is 43.5 Å². The molecular weight excluding hydrogens is 516 g/mol. The summed E-state index contributed by atoms with van der Waals surface area (Å²) >= 11 is 0. The number of hydrazone groups is 1. The Kier molecular flexibility index (Phi) is 10.2. The highest BCUT2D eigenvalue weighted by atomic mass is 32.2. The Morgan fingerprint density at radius 2 is 1.82 bits per heavy atom. The lowest BCUT2D eigenvalue weighted by molar-refractivity contribution is -0.474. The average Bonchev–Trinajstić information content (AvgIpc) is 3.22. The van der Waals surface area contributed by atoms with Gasteiger partial charge < -0.3 is 26.0 Å². The Labute approximate surface area is 232 Å². The number of amides is 2. The highest BCUT2D eigenvalue weighted by molar-refractivity contribution is 7.84. The van der Waals surface area contributed by atoms with Crippen LogP contribution in [-0.2, 0) is 15.7 Å². The predicted octanol–water partition coefficient (Wildman–Crippen LogP) is 5.17. The maximum atomic E-state index is 12.5. The molecule has 1 aliphatic rings. The lowest BCUT2D eigenvalue weighted by Gasteiger charge is -2.30. The van der Waals surface area contributed by atoms with E-state index in [4.69, 9.17) is 15.6 Å². The van der Waals surface area contributed by atoms with Crippen LogP contribution in [0.2, 0.25) is 0 Å². The fraction of sp³-hybridized carbons (Fsp3) is 0.444. The highest BCUT2D eigenvalue weighted by Crippen LogP contribution is 2.38. The van der Waals surface area contributed by atoms with Crippen molar-refractivity contribution < 1.29 is 18.4 Å². The minimum atomic E-state index is -0.593. The van der Waals surface area contributed by atoms with Crippen LogP contribution in [0.3, 0.4) is 0 Å². The van der Waals surface area contributed by atoms with E-state index >= 15 is 0 Å². The number of nitrogens with two attached hydrogens (primary N) is 1. The molecule has 0 fully saturated rings. The second-order valence-electron chi connectivity index (χ2n) is 9.68. The number of benzene rings is 2. The van der Waals surface area contributed by atoms with Crippen molar-refractivity contribution in [2.45, 2.75) is 59.5 Å². The van der Waals surface area contributed by atoms with Crippen molar-refractivity contribution >= 4 is 51.3 Å². The molecule has 1 atom stereocenters. The first-order valence-corrected chi connectivity index (χ1v) is 14.3. The van der Waals surface area contributed by atoms with Gasteiger partial charge in [0.25, 0.3) is 0 Å². The zero-order valence-corrected chi connectivity index (χ0v) is 24.5. The van der Waals surface area contributed by atoms with Crippen LogP contribution in [-0.4, -0.2) is 58.6 Å². The summed E-state index contributed by atoms with van der Waals surface area (Å²) in [4.78, 5) is 26.2. The first kappa shape index (κ1) is 29.8. The summed E-state index contributed by atoms with van der Waals surface area (Å²) in [6, 6.07) is 10.9. The molecule has 39 heavy (non-hydrogen) atoms. The summed E-state index contributed by atoms with van der Waals surface area (Å²) in [5.41, 5.74) is 8.08. The van der Waals surface area contributed by atoms with Crippen molar-refractivity contribution in [2.75, 3.05) is 30.5 Å². The van der Waals surface area contributed by atoms with Crippen LogP contribution in [0, 0.1) is 0 Å². The molecule has 0 aromatic heterocycles. The zero-order chi connectivity index (χ0) is 28.7. The van der Waals surface area contributed by atoms with Crippen molar-refractivity contribution in [1.82, 2.24) is 4.90 Å². The van der Waals surface area contributed by atoms with Crippen LogP contribution in [0.1, 0.15) is 57.8 Å². The normalized spacial score (nSPS) is 15.2. The Balaban J connectivity index is 1.93. The first-order chi connectivity index (χ1) is 18.5. The molecule has 4 N–H and O–H groups in total. The van der Waals surface area contributed by atoms with Gasteiger partial charge in [0.1, 0.15) is 17.2 Å². The van der Waals surface area contributed by atoms with E-state index in [0.29, 0.717) is 59.1 Å². The summed E-state index contributed by atoms with van der Waals surface area (Å²) in [7, 11) is 2.87. The van der Waals surface area contributed by atoms with Gasteiger partial charge in [0.15, 0.2) is 12.9 Å². The van der Waals surface area contributed by atoms with Gasteiger partial charge in [-0.1, -0.05) is 11.4 Å². The second-order valence-corrected chi connectivity index (χ2v) is 11.3. The minimum absolute atomic E-state index is 0.119. The zero-order valence-electron chi connectivity index (χ0n) is 23.7. The summed E-state index contributed by atoms with van der Waals surface area (Å²) in [5.74, 6) is 1.54. The van der Waals surface area contributed by atoms with E-state index < -0.39 is 16.8 Å². The fourth-order valence-electron chi connectivity index (χ4n) is 4.27. The molecule has 2 aromatic carbocycles. The van der Waals surface area contributed by atoms with Crippen molar-refractivity contribution in [1.29, 1.82) is 0 Å². The first-order valence-electron chi connectivity index (χ1n) is 12.9. The number of ether oxygens (including phenoxy) is 1. The van der Waals surface area contributed by atoms with E-state index in [9.17, 15) is 9.59 Å². The fourth-order valence-corrected chi connectivity index (χ4v) is 5.43. The molecule has 11 nitrogen and oxygen atoms in total. The number of primary amides is 1. The molecule has 0 spiro atoms. The summed E-state index contributed by atoms with van der Waals surface area (Å²) in [6.07, 6.45) is 1.09. The second kappa shape index (κ2) is 13.3. The number of nitrogens with one attached hydrogen (secondary N) is 2. The largest absolute Gasteiger partial charge is 0.494 e. The smallest absolute Gasteiger partial charge is 0.248 e. The van der Waals surface area contributed by atoms with Crippen LogP contribution in [0.5, 0.6) is 5.75 Å². The molecule has 2 aromatic rings. The van der Waals surface area contributed by atoms with Gasteiger partial charge in [-0.2, -0.15) is 0 Å². The minimum Gasteiger partial charge on any atom is -0.494 e. The highest BCUT2D eigenvalue weighted by Gasteiger charge is 2.30. The number of hydrogen-bond donors (Lipinski definition) is 3. The topological polar surface area (TPSA) is 137 Å². The Morgan fingerprint density at radius 3 is 2.38 bits per heavy atom. The molecule has 0 bridgehead atoms. The van der Waals surface area contributed by atoms with Crippen molar-refractivity contribution in [3.05, 3.63) is 42.0 Å². The van der Waals surface area contributed by atoms with Gasteiger partial charge in [-0.05, 0) is 68.5 Å². The van der Waals surface area contributed by atoms with Gasteiger partial charge >= 0.3 is 0 Å². The number of anilines is 3. The van der Waals surface area contributed by atoms with E-state index in [-0.39, 0.29) is 5.91 Å². The third-order valence-electron chi connectivity index (χ3n) is 5.99. The lowest BCUT2D eigenvalue weighted by atomic mass is 10.1. The summed E-state index contributed by atoms with van der Waals surface area (Å²) in [6.45, 7) is 10.6. The average molecular weight is 556 g/mol.